The van der Waals surface area contributed by atoms with E-state index in [2.05, 4.69) is 15.5 Å². The zero-order valence-electron chi connectivity index (χ0n) is 10.9. The van der Waals surface area contributed by atoms with Gasteiger partial charge >= 0.3 is 0 Å². The van der Waals surface area contributed by atoms with Gasteiger partial charge in [-0.2, -0.15) is 10.2 Å². The first-order valence-corrected chi connectivity index (χ1v) is 6.49. The summed E-state index contributed by atoms with van der Waals surface area (Å²) in [7, 11) is 1.85. The number of rotatable bonds is 5. The minimum atomic E-state index is -0.0929. The van der Waals surface area contributed by atoms with Crippen molar-refractivity contribution in [2.45, 2.75) is 19.4 Å². The number of aryl methyl sites for hydroxylation is 1. The second kappa shape index (κ2) is 4.87. The zero-order chi connectivity index (χ0) is 13.2. The molecule has 1 saturated carbocycles. The van der Waals surface area contributed by atoms with E-state index in [1.807, 2.05) is 13.2 Å². The van der Waals surface area contributed by atoms with Gasteiger partial charge in [-0.25, -0.2) is 4.68 Å². The maximum absolute atomic E-state index is 11.9. The number of hydrogen-bond acceptors (Lipinski definition) is 4. The van der Waals surface area contributed by atoms with Crippen molar-refractivity contribution in [3.63, 3.8) is 0 Å². The van der Waals surface area contributed by atoms with Crippen LogP contribution in [0.3, 0.4) is 0 Å². The molecule has 0 aromatic carbocycles. The molecule has 0 unspecified atom stereocenters. The topological polar surface area (TPSA) is 64.7 Å². The monoisotopic (exact) mass is 259 g/mol. The Balaban J connectivity index is 1.69. The van der Waals surface area contributed by atoms with Crippen LogP contribution >= 0.6 is 0 Å². The third kappa shape index (κ3) is 3.01. The van der Waals surface area contributed by atoms with Gasteiger partial charge in [-0.15, -0.1) is 0 Å². The van der Waals surface area contributed by atoms with E-state index in [1.165, 1.54) is 17.5 Å². The van der Waals surface area contributed by atoms with Crippen LogP contribution in [0.25, 0.3) is 0 Å². The Hall–Kier alpha value is -2.11. The quantitative estimate of drug-likeness (QED) is 0.864. The lowest BCUT2D eigenvalue weighted by Gasteiger charge is -2.06. The molecule has 1 fully saturated rings. The van der Waals surface area contributed by atoms with Crippen LogP contribution in [0.1, 0.15) is 18.4 Å². The zero-order valence-corrected chi connectivity index (χ0v) is 10.9. The van der Waals surface area contributed by atoms with E-state index < -0.39 is 0 Å². The molecule has 0 spiro atoms. The Labute approximate surface area is 111 Å². The molecule has 100 valence electrons. The molecule has 6 heteroatoms. The Morgan fingerprint density at radius 3 is 2.84 bits per heavy atom. The van der Waals surface area contributed by atoms with Crippen LogP contribution in [0, 0.1) is 5.92 Å². The summed E-state index contributed by atoms with van der Waals surface area (Å²) in [6.45, 7) is 1.39. The van der Waals surface area contributed by atoms with Crippen LogP contribution in [0.2, 0.25) is 0 Å². The van der Waals surface area contributed by atoms with Crippen LogP contribution in [0.5, 0.6) is 0 Å². The van der Waals surface area contributed by atoms with Crippen molar-refractivity contribution < 1.29 is 0 Å². The van der Waals surface area contributed by atoms with E-state index in [-0.39, 0.29) is 5.56 Å². The molecule has 0 amide bonds. The molecule has 0 aliphatic heterocycles. The summed E-state index contributed by atoms with van der Waals surface area (Å²) in [5.74, 6) is 0.776. The van der Waals surface area contributed by atoms with E-state index in [0.717, 1.165) is 23.7 Å². The highest BCUT2D eigenvalue weighted by Gasteiger charge is 2.20. The van der Waals surface area contributed by atoms with Crippen molar-refractivity contribution in [2.75, 3.05) is 11.9 Å². The Bertz CT molecular complexity index is 626. The molecule has 6 nitrogen and oxygen atoms in total. The molecule has 1 aliphatic carbocycles. The first-order valence-electron chi connectivity index (χ1n) is 6.49. The molecule has 3 rings (SSSR count). The van der Waals surface area contributed by atoms with Gasteiger partial charge in [0.05, 0.1) is 24.6 Å². The number of aromatic nitrogens is 4. The summed E-state index contributed by atoms with van der Waals surface area (Å²) < 4.78 is 3.16. The van der Waals surface area contributed by atoms with Gasteiger partial charge in [0, 0.05) is 31.4 Å². The van der Waals surface area contributed by atoms with Crippen molar-refractivity contribution in [2.24, 2.45) is 13.0 Å². The predicted molar refractivity (Wildman–Crippen MR) is 72.0 cm³/mol. The van der Waals surface area contributed by atoms with Gasteiger partial charge in [-0.1, -0.05) is 0 Å². The van der Waals surface area contributed by atoms with Crippen molar-refractivity contribution in [1.82, 2.24) is 19.6 Å². The fourth-order valence-electron chi connectivity index (χ4n) is 1.96. The van der Waals surface area contributed by atoms with E-state index >= 15 is 0 Å². The van der Waals surface area contributed by atoms with Crippen LogP contribution in [0.4, 0.5) is 5.69 Å². The number of anilines is 1. The van der Waals surface area contributed by atoms with E-state index in [1.54, 1.807) is 23.1 Å². The minimum Gasteiger partial charge on any atom is -0.383 e. The van der Waals surface area contributed by atoms with Gasteiger partial charge in [0.25, 0.3) is 5.56 Å². The first-order chi connectivity index (χ1) is 9.20. The molecule has 1 N–H and O–H groups in total. The standard InChI is InChI=1S/C13H17N5O/c1-17-8-11(6-15-17)9-18-13(19)4-12(7-16-18)14-5-10-2-3-10/h4,6-8,10,14H,2-3,5,9H2,1H3. The molecule has 0 atom stereocenters. The molecule has 19 heavy (non-hydrogen) atoms. The molecule has 2 aromatic rings. The summed E-state index contributed by atoms with van der Waals surface area (Å²) >= 11 is 0. The third-order valence-electron chi connectivity index (χ3n) is 3.25. The van der Waals surface area contributed by atoms with Gasteiger partial charge in [0.2, 0.25) is 0 Å². The van der Waals surface area contributed by atoms with Crippen molar-refractivity contribution in [3.8, 4) is 0 Å². The maximum atomic E-state index is 11.9. The van der Waals surface area contributed by atoms with Crippen LogP contribution < -0.4 is 10.9 Å². The molecule has 2 aromatic heterocycles. The van der Waals surface area contributed by atoms with Gasteiger partial charge in [-0.05, 0) is 18.8 Å². The summed E-state index contributed by atoms with van der Waals surface area (Å²) in [5, 5.41) is 11.5. The molecule has 0 saturated heterocycles. The number of nitrogens with one attached hydrogen (secondary N) is 1. The van der Waals surface area contributed by atoms with Gasteiger partial charge in [0.15, 0.2) is 0 Å². The second-order valence-electron chi connectivity index (χ2n) is 5.09. The fraction of sp³-hybridized carbons (Fsp3) is 0.462. The SMILES string of the molecule is Cn1cc(Cn2ncc(NCC3CC3)cc2=O)cn1. The molecular formula is C13H17N5O. The van der Waals surface area contributed by atoms with E-state index in [0.29, 0.717) is 6.54 Å². The lowest BCUT2D eigenvalue weighted by atomic mass is 10.3. The summed E-state index contributed by atoms with van der Waals surface area (Å²) in [5.41, 5.74) is 1.68. The minimum absolute atomic E-state index is 0.0929. The van der Waals surface area contributed by atoms with Gasteiger partial charge < -0.3 is 5.32 Å². The Kier molecular flexibility index (Phi) is 3.06. The second-order valence-corrected chi connectivity index (χ2v) is 5.09. The lowest BCUT2D eigenvalue weighted by molar-refractivity contribution is 0.638. The fourth-order valence-corrected chi connectivity index (χ4v) is 1.96. The van der Waals surface area contributed by atoms with Crippen molar-refractivity contribution in [3.05, 3.63) is 40.6 Å². The van der Waals surface area contributed by atoms with Crippen LogP contribution in [-0.4, -0.2) is 26.1 Å². The summed E-state index contributed by atoms with van der Waals surface area (Å²) in [4.78, 5) is 11.9. The number of hydrogen-bond donors (Lipinski definition) is 1. The molecular weight excluding hydrogens is 242 g/mol. The number of nitrogens with zero attached hydrogens (tertiary/aromatic N) is 4. The predicted octanol–water partition coefficient (Wildman–Crippen LogP) is 0.847. The molecule has 1 aliphatic rings. The molecule has 0 bridgehead atoms. The maximum Gasteiger partial charge on any atom is 0.269 e. The normalized spacial score (nSPS) is 14.6. The van der Waals surface area contributed by atoms with Crippen molar-refractivity contribution in [1.29, 1.82) is 0 Å². The van der Waals surface area contributed by atoms with Gasteiger partial charge in [0.1, 0.15) is 0 Å². The van der Waals surface area contributed by atoms with E-state index in [4.69, 9.17) is 0 Å². The summed E-state index contributed by atoms with van der Waals surface area (Å²) in [6, 6.07) is 1.60. The first kappa shape index (κ1) is 12.0. The average molecular weight is 259 g/mol. The Morgan fingerprint density at radius 1 is 1.37 bits per heavy atom. The largest absolute Gasteiger partial charge is 0.383 e. The smallest absolute Gasteiger partial charge is 0.269 e. The summed E-state index contributed by atoms with van der Waals surface area (Å²) in [6.07, 6.45) is 7.91. The Morgan fingerprint density at radius 2 is 2.21 bits per heavy atom. The third-order valence-corrected chi connectivity index (χ3v) is 3.25. The van der Waals surface area contributed by atoms with E-state index in [9.17, 15) is 4.79 Å². The highest BCUT2D eigenvalue weighted by atomic mass is 16.1. The van der Waals surface area contributed by atoms with Crippen LogP contribution in [0.15, 0.2) is 29.5 Å². The van der Waals surface area contributed by atoms with Crippen LogP contribution in [-0.2, 0) is 13.6 Å². The van der Waals surface area contributed by atoms with Crippen molar-refractivity contribution >= 4 is 5.69 Å². The van der Waals surface area contributed by atoms with Gasteiger partial charge in [-0.3, -0.25) is 9.48 Å². The average Bonchev–Trinajstić information content (AvgIpc) is 3.13. The molecule has 0 radical (unpaired) electrons. The highest BCUT2D eigenvalue weighted by Crippen LogP contribution is 2.28. The molecule has 2 heterocycles. The highest BCUT2D eigenvalue weighted by molar-refractivity contribution is 5.39. The lowest BCUT2D eigenvalue weighted by Crippen LogP contribution is -2.23.